The van der Waals surface area contributed by atoms with Crippen LogP contribution >= 0.6 is 11.8 Å². The molecule has 0 unspecified atom stereocenters. The highest BCUT2D eigenvalue weighted by Gasteiger charge is 2.29. The third-order valence-corrected chi connectivity index (χ3v) is 3.94. The fraction of sp³-hybridized carbons (Fsp3) is 0.0625. The van der Waals surface area contributed by atoms with E-state index in [4.69, 9.17) is 0 Å². The summed E-state index contributed by atoms with van der Waals surface area (Å²) in [5.41, 5.74) is 1.61. The van der Waals surface area contributed by atoms with Crippen LogP contribution in [0.2, 0.25) is 0 Å². The molecule has 0 atom stereocenters. The first-order valence-corrected chi connectivity index (χ1v) is 7.63. The normalized spacial score (nSPS) is 16.8. The van der Waals surface area contributed by atoms with Crippen molar-refractivity contribution < 1.29 is 9.90 Å². The summed E-state index contributed by atoms with van der Waals surface area (Å²) in [6.07, 6.45) is 1.64. The molecular formula is C16H13N3O2S. The van der Waals surface area contributed by atoms with Gasteiger partial charge in [0.1, 0.15) is 5.75 Å². The number of nitrogens with zero attached hydrogens (tertiary/aromatic N) is 3. The number of hydrogen-bond acceptors (Lipinski definition) is 5. The Labute approximate surface area is 132 Å². The minimum atomic E-state index is -0.0515. The zero-order valence-corrected chi connectivity index (χ0v) is 12.4. The van der Waals surface area contributed by atoms with Crippen LogP contribution in [0.1, 0.15) is 5.56 Å². The highest BCUT2D eigenvalue weighted by atomic mass is 32.2. The molecular weight excluding hydrogens is 298 g/mol. The summed E-state index contributed by atoms with van der Waals surface area (Å²) in [6.45, 7) is 0. The van der Waals surface area contributed by atoms with Gasteiger partial charge in [-0.05, 0) is 29.8 Å². The van der Waals surface area contributed by atoms with Gasteiger partial charge in [-0.2, -0.15) is 5.10 Å². The second kappa shape index (κ2) is 6.44. The maximum absolute atomic E-state index is 12.0. The Morgan fingerprint density at radius 2 is 1.82 bits per heavy atom. The summed E-state index contributed by atoms with van der Waals surface area (Å²) in [6, 6.07) is 16.1. The predicted molar refractivity (Wildman–Crippen MR) is 89.5 cm³/mol. The minimum absolute atomic E-state index is 0.0515. The Bertz CT molecular complexity index is 727. The van der Waals surface area contributed by atoms with Gasteiger partial charge in [0.25, 0.3) is 0 Å². The number of phenolic OH excluding ortho intramolecular Hbond substituents is 1. The molecule has 1 heterocycles. The Hall–Kier alpha value is -2.60. The number of phenols is 1. The summed E-state index contributed by atoms with van der Waals surface area (Å²) < 4.78 is 0. The van der Waals surface area contributed by atoms with Crippen molar-refractivity contribution in [2.24, 2.45) is 10.2 Å². The molecule has 1 amide bonds. The Morgan fingerprint density at radius 3 is 2.55 bits per heavy atom. The molecule has 22 heavy (non-hydrogen) atoms. The number of rotatable bonds is 3. The van der Waals surface area contributed by atoms with Crippen LogP contribution in [0.5, 0.6) is 5.75 Å². The second-order valence-electron chi connectivity index (χ2n) is 4.57. The Morgan fingerprint density at radius 1 is 1.09 bits per heavy atom. The first-order chi connectivity index (χ1) is 10.7. The first kappa shape index (κ1) is 14.3. The topological polar surface area (TPSA) is 65.3 Å². The quantitative estimate of drug-likeness (QED) is 0.700. The van der Waals surface area contributed by atoms with Gasteiger partial charge in [0.2, 0.25) is 5.91 Å². The monoisotopic (exact) mass is 311 g/mol. The maximum atomic E-state index is 12.0. The minimum Gasteiger partial charge on any atom is -0.508 e. The average Bonchev–Trinajstić information content (AvgIpc) is 2.90. The highest BCUT2D eigenvalue weighted by molar-refractivity contribution is 8.15. The number of thioether (sulfide) groups is 1. The molecule has 0 radical (unpaired) electrons. The van der Waals surface area contributed by atoms with E-state index in [1.54, 1.807) is 18.3 Å². The van der Waals surface area contributed by atoms with E-state index in [1.807, 2.05) is 30.3 Å². The molecule has 1 saturated heterocycles. The SMILES string of the molecule is O=C1CS/C(=N/N=C/c2ccccc2)N1c1ccc(O)cc1. The number of benzene rings is 2. The van der Waals surface area contributed by atoms with Gasteiger partial charge in [-0.3, -0.25) is 9.69 Å². The van der Waals surface area contributed by atoms with E-state index in [-0.39, 0.29) is 11.7 Å². The smallest absolute Gasteiger partial charge is 0.243 e. The van der Waals surface area contributed by atoms with E-state index in [0.717, 1.165) is 5.56 Å². The van der Waals surface area contributed by atoms with E-state index in [2.05, 4.69) is 10.2 Å². The zero-order chi connectivity index (χ0) is 15.4. The van der Waals surface area contributed by atoms with Crippen molar-refractivity contribution in [1.29, 1.82) is 0 Å². The maximum Gasteiger partial charge on any atom is 0.243 e. The largest absolute Gasteiger partial charge is 0.508 e. The number of aromatic hydroxyl groups is 1. The molecule has 0 aliphatic carbocycles. The van der Waals surface area contributed by atoms with Crippen LogP contribution < -0.4 is 4.90 Å². The number of carbonyl (C=O) groups is 1. The lowest BCUT2D eigenvalue weighted by Gasteiger charge is -2.14. The Kier molecular flexibility index (Phi) is 4.20. The van der Waals surface area contributed by atoms with Crippen LogP contribution in [0.4, 0.5) is 5.69 Å². The van der Waals surface area contributed by atoms with E-state index in [1.165, 1.54) is 28.8 Å². The molecule has 5 nitrogen and oxygen atoms in total. The molecule has 1 fully saturated rings. The standard InChI is InChI=1S/C16H13N3O2S/c20-14-8-6-13(7-9-14)19-15(21)11-22-16(19)18-17-10-12-4-2-1-3-5-12/h1-10,20H,11H2/b17-10+,18-16+. The van der Waals surface area contributed by atoms with E-state index >= 15 is 0 Å². The van der Waals surface area contributed by atoms with E-state index in [0.29, 0.717) is 16.6 Å². The predicted octanol–water partition coefficient (Wildman–Crippen LogP) is 2.86. The van der Waals surface area contributed by atoms with Crippen LogP contribution in [0, 0.1) is 0 Å². The van der Waals surface area contributed by atoms with Gasteiger partial charge in [0.15, 0.2) is 5.17 Å². The number of anilines is 1. The number of carbonyl (C=O) groups excluding carboxylic acids is 1. The van der Waals surface area contributed by atoms with Crippen LogP contribution in [0.25, 0.3) is 0 Å². The van der Waals surface area contributed by atoms with Gasteiger partial charge in [-0.1, -0.05) is 42.1 Å². The van der Waals surface area contributed by atoms with Gasteiger partial charge >= 0.3 is 0 Å². The second-order valence-corrected chi connectivity index (χ2v) is 5.51. The summed E-state index contributed by atoms with van der Waals surface area (Å²) in [7, 11) is 0. The molecule has 1 N–H and O–H groups in total. The van der Waals surface area contributed by atoms with Crippen LogP contribution in [0.3, 0.4) is 0 Å². The van der Waals surface area contributed by atoms with Crippen LogP contribution in [-0.2, 0) is 4.79 Å². The molecule has 2 aromatic rings. The number of amides is 1. The highest BCUT2D eigenvalue weighted by Crippen LogP contribution is 2.27. The lowest BCUT2D eigenvalue weighted by atomic mass is 10.2. The van der Waals surface area contributed by atoms with Crippen molar-refractivity contribution in [3.8, 4) is 5.75 Å². The fourth-order valence-electron chi connectivity index (χ4n) is 1.98. The van der Waals surface area contributed by atoms with Crippen molar-refractivity contribution >= 4 is 34.7 Å². The van der Waals surface area contributed by atoms with Crippen molar-refractivity contribution in [3.05, 3.63) is 60.2 Å². The van der Waals surface area contributed by atoms with Crippen molar-refractivity contribution in [1.82, 2.24) is 0 Å². The van der Waals surface area contributed by atoms with Crippen molar-refractivity contribution in [3.63, 3.8) is 0 Å². The molecule has 0 saturated carbocycles. The van der Waals surface area contributed by atoms with Gasteiger partial charge in [-0.25, -0.2) is 0 Å². The summed E-state index contributed by atoms with van der Waals surface area (Å²) in [5, 5.41) is 18.1. The van der Waals surface area contributed by atoms with Crippen LogP contribution in [-0.4, -0.2) is 28.1 Å². The fourth-order valence-corrected chi connectivity index (χ4v) is 2.80. The van der Waals surface area contributed by atoms with Gasteiger partial charge in [-0.15, -0.1) is 5.10 Å². The summed E-state index contributed by atoms with van der Waals surface area (Å²) in [4.78, 5) is 13.5. The van der Waals surface area contributed by atoms with Gasteiger partial charge in [0.05, 0.1) is 17.7 Å². The summed E-state index contributed by atoms with van der Waals surface area (Å²) >= 11 is 1.34. The molecule has 110 valence electrons. The number of amidine groups is 1. The molecule has 0 spiro atoms. The molecule has 2 aromatic carbocycles. The van der Waals surface area contributed by atoms with Gasteiger partial charge in [0, 0.05) is 0 Å². The first-order valence-electron chi connectivity index (χ1n) is 6.65. The van der Waals surface area contributed by atoms with Crippen molar-refractivity contribution in [2.75, 3.05) is 10.7 Å². The third-order valence-electron chi connectivity index (χ3n) is 3.02. The molecule has 3 rings (SSSR count). The van der Waals surface area contributed by atoms with E-state index < -0.39 is 0 Å². The lowest BCUT2D eigenvalue weighted by molar-refractivity contribution is -0.115. The lowest BCUT2D eigenvalue weighted by Crippen LogP contribution is -2.28. The number of hydrogen-bond donors (Lipinski definition) is 1. The molecule has 0 aromatic heterocycles. The molecule has 0 bridgehead atoms. The third kappa shape index (κ3) is 3.17. The molecule has 1 aliphatic heterocycles. The molecule has 1 aliphatic rings. The Balaban J connectivity index is 1.82. The zero-order valence-electron chi connectivity index (χ0n) is 11.6. The van der Waals surface area contributed by atoms with E-state index in [9.17, 15) is 9.90 Å². The molecule has 6 heteroatoms. The van der Waals surface area contributed by atoms with Gasteiger partial charge < -0.3 is 5.11 Å². The average molecular weight is 311 g/mol. The van der Waals surface area contributed by atoms with Crippen LogP contribution in [0.15, 0.2) is 64.8 Å². The summed E-state index contributed by atoms with van der Waals surface area (Å²) in [5.74, 6) is 0.439. The van der Waals surface area contributed by atoms with Crippen molar-refractivity contribution in [2.45, 2.75) is 0 Å².